The van der Waals surface area contributed by atoms with Crippen molar-refractivity contribution >= 4 is 34.7 Å². The van der Waals surface area contributed by atoms with Gasteiger partial charge in [-0.1, -0.05) is 11.6 Å². The first kappa shape index (κ1) is 9.79. The number of ether oxygens (including phenoxy) is 1. The van der Waals surface area contributed by atoms with Gasteiger partial charge in [0.25, 0.3) is 6.01 Å². The molecule has 0 spiro atoms. The number of methoxy groups -OCH3 is 1. The molecule has 0 amide bonds. The summed E-state index contributed by atoms with van der Waals surface area (Å²) in [4.78, 5) is 15.2. The number of aromatic nitrogens is 1. The molecule has 0 radical (unpaired) electrons. The molecule has 2 rings (SSSR count). The minimum atomic E-state index is -0.543. The van der Waals surface area contributed by atoms with Gasteiger partial charge in [-0.2, -0.15) is 4.98 Å². The van der Waals surface area contributed by atoms with Crippen LogP contribution in [0.5, 0.6) is 0 Å². The van der Waals surface area contributed by atoms with E-state index in [2.05, 4.69) is 9.72 Å². The number of carbonyl (C=O) groups excluding carboxylic acids is 1. The number of oxazole rings is 1. The maximum Gasteiger partial charge on any atom is 0.341 e. The van der Waals surface area contributed by atoms with Gasteiger partial charge in [0.1, 0.15) is 11.1 Å². The number of anilines is 1. The van der Waals surface area contributed by atoms with Crippen molar-refractivity contribution in [3.63, 3.8) is 0 Å². The Bertz CT molecular complexity index is 535. The van der Waals surface area contributed by atoms with Gasteiger partial charge in [-0.15, -0.1) is 0 Å². The van der Waals surface area contributed by atoms with E-state index in [1.165, 1.54) is 13.2 Å². The largest absolute Gasteiger partial charge is 0.465 e. The highest BCUT2D eigenvalue weighted by Gasteiger charge is 2.16. The molecule has 0 aliphatic rings. The van der Waals surface area contributed by atoms with E-state index in [1.54, 1.807) is 6.07 Å². The number of hydrogen-bond acceptors (Lipinski definition) is 5. The third kappa shape index (κ3) is 1.61. The first-order chi connectivity index (χ1) is 7.11. The fourth-order valence-corrected chi connectivity index (χ4v) is 1.49. The van der Waals surface area contributed by atoms with Gasteiger partial charge in [0.15, 0.2) is 5.58 Å². The molecule has 0 aliphatic carbocycles. The molecule has 0 atom stereocenters. The Hall–Kier alpha value is -1.75. The summed E-state index contributed by atoms with van der Waals surface area (Å²) in [5, 5.41) is 0.371. The van der Waals surface area contributed by atoms with E-state index < -0.39 is 5.97 Å². The molecule has 5 nitrogen and oxygen atoms in total. The Balaban J connectivity index is 2.75. The van der Waals surface area contributed by atoms with Crippen LogP contribution in [0.4, 0.5) is 6.01 Å². The summed E-state index contributed by atoms with van der Waals surface area (Å²) in [5.41, 5.74) is 6.30. The van der Waals surface area contributed by atoms with Crippen molar-refractivity contribution in [2.24, 2.45) is 0 Å². The van der Waals surface area contributed by atoms with Gasteiger partial charge in [-0.05, 0) is 12.1 Å². The topological polar surface area (TPSA) is 78.3 Å². The first-order valence-electron chi connectivity index (χ1n) is 4.05. The number of halogens is 1. The highest BCUT2D eigenvalue weighted by Crippen LogP contribution is 2.26. The van der Waals surface area contributed by atoms with Crippen LogP contribution in [0.3, 0.4) is 0 Å². The second kappa shape index (κ2) is 3.43. The summed E-state index contributed by atoms with van der Waals surface area (Å²) in [5.74, 6) is -0.543. The van der Waals surface area contributed by atoms with Crippen molar-refractivity contribution in [1.29, 1.82) is 0 Å². The number of nitrogens with zero attached hydrogens (tertiary/aromatic N) is 1. The van der Waals surface area contributed by atoms with E-state index in [9.17, 15) is 4.79 Å². The maximum absolute atomic E-state index is 11.4. The lowest BCUT2D eigenvalue weighted by Crippen LogP contribution is -2.01. The molecular weight excluding hydrogens is 220 g/mol. The SMILES string of the molecule is COC(=O)c1cc(Cl)cc2nc(N)oc12. The van der Waals surface area contributed by atoms with Gasteiger partial charge < -0.3 is 14.9 Å². The van der Waals surface area contributed by atoms with E-state index in [0.29, 0.717) is 10.5 Å². The Morgan fingerprint density at radius 3 is 3.00 bits per heavy atom. The molecule has 78 valence electrons. The van der Waals surface area contributed by atoms with Gasteiger partial charge >= 0.3 is 5.97 Å². The molecule has 0 fully saturated rings. The van der Waals surface area contributed by atoms with Crippen LogP contribution in [-0.2, 0) is 4.74 Å². The molecule has 1 heterocycles. The average molecular weight is 227 g/mol. The van der Waals surface area contributed by atoms with Gasteiger partial charge in [0, 0.05) is 5.02 Å². The van der Waals surface area contributed by atoms with Crippen LogP contribution in [-0.4, -0.2) is 18.1 Å². The zero-order valence-electron chi connectivity index (χ0n) is 7.78. The lowest BCUT2D eigenvalue weighted by Gasteiger charge is -1.99. The second-order valence-electron chi connectivity index (χ2n) is 2.85. The molecular formula is C9H7ClN2O3. The maximum atomic E-state index is 11.4. The minimum absolute atomic E-state index is 0.0163. The number of benzene rings is 1. The number of hydrogen-bond donors (Lipinski definition) is 1. The monoisotopic (exact) mass is 226 g/mol. The van der Waals surface area contributed by atoms with Gasteiger partial charge in [-0.3, -0.25) is 0 Å². The highest BCUT2D eigenvalue weighted by atomic mass is 35.5. The third-order valence-electron chi connectivity index (χ3n) is 1.88. The Kier molecular flexibility index (Phi) is 2.24. The molecule has 2 aromatic rings. The fourth-order valence-electron chi connectivity index (χ4n) is 1.28. The molecule has 15 heavy (non-hydrogen) atoms. The smallest absolute Gasteiger partial charge is 0.341 e. The molecule has 1 aromatic heterocycles. The van der Waals surface area contributed by atoms with E-state index in [4.69, 9.17) is 21.8 Å². The van der Waals surface area contributed by atoms with Gasteiger partial charge in [0.2, 0.25) is 0 Å². The van der Waals surface area contributed by atoms with Crippen LogP contribution in [0.15, 0.2) is 16.5 Å². The van der Waals surface area contributed by atoms with Crippen molar-refractivity contribution in [3.8, 4) is 0 Å². The number of nitrogen functional groups attached to an aromatic ring is 1. The molecule has 0 saturated heterocycles. The lowest BCUT2D eigenvalue weighted by molar-refractivity contribution is 0.0602. The number of rotatable bonds is 1. The second-order valence-corrected chi connectivity index (χ2v) is 3.28. The Labute approximate surface area is 89.8 Å². The summed E-state index contributed by atoms with van der Waals surface area (Å²) in [6.07, 6.45) is 0. The Morgan fingerprint density at radius 1 is 1.60 bits per heavy atom. The minimum Gasteiger partial charge on any atom is -0.465 e. The molecule has 2 N–H and O–H groups in total. The van der Waals surface area contributed by atoms with Crippen LogP contribution >= 0.6 is 11.6 Å². The summed E-state index contributed by atoms with van der Waals surface area (Å²) in [6.45, 7) is 0. The van der Waals surface area contributed by atoms with Gasteiger partial charge in [-0.25, -0.2) is 4.79 Å². The number of esters is 1. The molecule has 0 saturated carbocycles. The van der Waals surface area contributed by atoms with Crippen molar-refractivity contribution in [1.82, 2.24) is 4.98 Å². The van der Waals surface area contributed by atoms with Crippen molar-refractivity contribution in [3.05, 3.63) is 22.7 Å². The Morgan fingerprint density at radius 2 is 2.33 bits per heavy atom. The van der Waals surface area contributed by atoms with Crippen molar-refractivity contribution < 1.29 is 13.9 Å². The summed E-state index contributed by atoms with van der Waals surface area (Å²) < 4.78 is 9.67. The number of carbonyl (C=O) groups is 1. The summed E-state index contributed by atoms with van der Waals surface area (Å²) in [7, 11) is 1.27. The van der Waals surface area contributed by atoms with Crippen molar-refractivity contribution in [2.75, 3.05) is 12.8 Å². The fraction of sp³-hybridized carbons (Fsp3) is 0.111. The van der Waals surface area contributed by atoms with E-state index >= 15 is 0 Å². The standard InChI is InChI=1S/C9H7ClN2O3/c1-14-8(13)5-2-4(10)3-6-7(5)15-9(11)12-6/h2-3H,1H3,(H2,11,12). The molecule has 0 aliphatic heterocycles. The van der Waals surface area contributed by atoms with Crippen LogP contribution in [0.25, 0.3) is 11.1 Å². The quantitative estimate of drug-likeness (QED) is 0.751. The summed E-state index contributed by atoms with van der Waals surface area (Å²) >= 11 is 5.80. The van der Waals surface area contributed by atoms with Crippen LogP contribution in [0, 0.1) is 0 Å². The third-order valence-corrected chi connectivity index (χ3v) is 2.09. The van der Waals surface area contributed by atoms with E-state index in [-0.39, 0.29) is 17.2 Å². The van der Waals surface area contributed by atoms with Crippen LogP contribution in [0.1, 0.15) is 10.4 Å². The zero-order valence-corrected chi connectivity index (χ0v) is 8.54. The average Bonchev–Trinajstić information content (AvgIpc) is 2.55. The number of nitrogens with two attached hydrogens (primary N) is 1. The lowest BCUT2D eigenvalue weighted by atomic mass is 10.2. The van der Waals surface area contributed by atoms with Crippen LogP contribution in [0.2, 0.25) is 5.02 Å². The predicted molar refractivity (Wildman–Crippen MR) is 54.8 cm³/mol. The molecule has 0 bridgehead atoms. The molecule has 0 unspecified atom stereocenters. The van der Waals surface area contributed by atoms with Gasteiger partial charge in [0.05, 0.1) is 7.11 Å². The number of fused-ring (bicyclic) bond motifs is 1. The first-order valence-corrected chi connectivity index (χ1v) is 4.43. The van der Waals surface area contributed by atoms with Crippen LogP contribution < -0.4 is 5.73 Å². The molecule has 1 aromatic carbocycles. The van der Waals surface area contributed by atoms with E-state index in [1.807, 2.05) is 0 Å². The van der Waals surface area contributed by atoms with E-state index in [0.717, 1.165) is 0 Å². The molecule has 6 heteroatoms. The summed E-state index contributed by atoms with van der Waals surface area (Å²) in [6, 6.07) is 2.99. The zero-order chi connectivity index (χ0) is 11.0. The highest BCUT2D eigenvalue weighted by molar-refractivity contribution is 6.31. The predicted octanol–water partition coefficient (Wildman–Crippen LogP) is 1.85. The normalized spacial score (nSPS) is 10.5. The van der Waals surface area contributed by atoms with Crippen molar-refractivity contribution in [2.45, 2.75) is 0 Å².